The van der Waals surface area contributed by atoms with E-state index in [4.69, 9.17) is 5.26 Å². The summed E-state index contributed by atoms with van der Waals surface area (Å²) in [4.78, 5) is 8.93. The van der Waals surface area contributed by atoms with Crippen LogP contribution in [-0.2, 0) is 6.42 Å². The van der Waals surface area contributed by atoms with Crippen LogP contribution in [-0.4, -0.2) is 9.97 Å². The summed E-state index contributed by atoms with van der Waals surface area (Å²) in [5, 5.41) is 8.66. The van der Waals surface area contributed by atoms with E-state index in [0.29, 0.717) is 18.8 Å². The molecule has 0 radical (unpaired) electrons. The third-order valence-corrected chi connectivity index (χ3v) is 3.23. The Kier molecular flexibility index (Phi) is 4.47. The van der Waals surface area contributed by atoms with Crippen LogP contribution in [0.25, 0.3) is 11.3 Å². The highest BCUT2D eigenvalue weighted by atomic mass is 14.9. The van der Waals surface area contributed by atoms with E-state index in [-0.39, 0.29) is 0 Å². The number of aryl methyl sites for hydroxylation is 2. The lowest BCUT2D eigenvalue weighted by Gasteiger charge is -2.08. The minimum Gasteiger partial charge on any atom is -0.238 e. The molecule has 0 saturated heterocycles. The summed E-state index contributed by atoms with van der Waals surface area (Å²) in [6.07, 6.45) is 1.06. The lowest BCUT2D eigenvalue weighted by molar-refractivity contribution is 0.865. The zero-order valence-corrected chi connectivity index (χ0v) is 12.2. The zero-order chi connectivity index (χ0) is 14.5. The van der Waals surface area contributed by atoms with Crippen molar-refractivity contribution in [1.82, 2.24) is 9.97 Å². The van der Waals surface area contributed by atoms with Gasteiger partial charge in [-0.3, -0.25) is 0 Å². The molecule has 3 nitrogen and oxygen atoms in total. The summed E-state index contributed by atoms with van der Waals surface area (Å²) in [6.45, 7) is 6.33. The fraction of sp³-hybridized carbons (Fsp3) is 0.353. The standard InChI is InChI=1S/C17H19N3/c1-12(2)14-6-8-15(9-7-14)16-11-13(3)19-17(20-16)5-4-10-18/h6-9,11-12H,4-5H2,1-3H3. The molecule has 0 fully saturated rings. The topological polar surface area (TPSA) is 49.6 Å². The first-order valence-corrected chi connectivity index (χ1v) is 6.92. The van der Waals surface area contributed by atoms with E-state index < -0.39 is 0 Å². The van der Waals surface area contributed by atoms with Crippen LogP contribution in [0.15, 0.2) is 30.3 Å². The van der Waals surface area contributed by atoms with Gasteiger partial charge in [-0.1, -0.05) is 38.1 Å². The summed E-state index contributed by atoms with van der Waals surface area (Å²) < 4.78 is 0. The smallest absolute Gasteiger partial charge is 0.130 e. The molecule has 0 unspecified atom stereocenters. The van der Waals surface area contributed by atoms with Gasteiger partial charge in [0.1, 0.15) is 5.82 Å². The lowest BCUT2D eigenvalue weighted by atomic mass is 10.0. The maximum atomic E-state index is 8.66. The van der Waals surface area contributed by atoms with Crippen LogP contribution in [0.1, 0.15) is 43.3 Å². The van der Waals surface area contributed by atoms with Crippen LogP contribution >= 0.6 is 0 Å². The van der Waals surface area contributed by atoms with Gasteiger partial charge in [-0.2, -0.15) is 5.26 Å². The van der Waals surface area contributed by atoms with E-state index in [0.717, 1.165) is 22.8 Å². The second-order valence-corrected chi connectivity index (χ2v) is 5.25. The first-order chi connectivity index (χ1) is 9.60. The molecular formula is C17H19N3. The molecule has 0 aliphatic carbocycles. The van der Waals surface area contributed by atoms with Gasteiger partial charge in [0.05, 0.1) is 11.8 Å². The van der Waals surface area contributed by atoms with E-state index in [1.54, 1.807) is 0 Å². The second kappa shape index (κ2) is 6.29. The van der Waals surface area contributed by atoms with Crippen molar-refractivity contribution in [2.24, 2.45) is 0 Å². The van der Waals surface area contributed by atoms with Gasteiger partial charge in [0.2, 0.25) is 0 Å². The average molecular weight is 265 g/mol. The Morgan fingerprint density at radius 2 is 1.85 bits per heavy atom. The molecule has 0 spiro atoms. The Labute approximate surface area is 120 Å². The van der Waals surface area contributed by atoms with Gasteiger partial charge in [-0.25, -0.2) is 9.97 Å². The first-order valence-electron chi connectivity index (χ1n) is 6.92. The third-order valence-electron chi connectivity index (χ3n) is 3.23. The number of nitriles is 1. The Balaban J connectivity index is 2.32. The molecule has 0 saturated carbocycles. The van der Waals surface area contributed by atoms with Crippen molar-refractivity contribution in [3.63, 3.8) is 0 Å². The van der Waals surface area contributed by atoms with Gasteiger partial charge in [0.25, 0.3) is 0 Å². The van der Waals surface area contributed by atoms with Gasteiger partial charge in [0.15, 0.2) is 0 Å². The maximum absolute atomic E-state index is 8.66. The molecule has 0 atom stereocenters. The molecule has 1 aromatic carbocycles. The van der Waals surface area contributed by atoms with Gasteiger partial charge < -0.3 is 0 Å². The molecule has 1 aromatic heterocycles. The Hall–Kier alpha value is -2.21. The van der Waals surface area contributed by atoms with Crippen molar-refractivity contribution in [2.75, 3.05) is 0 Å². The van der Waals surface area contributed by atoms with Crippen molar-refractivity contribution in [2.45, 2.75) is 39.5 Å². The number of rotatable bonds is 4. The summed E-state index contributed by atoms with van der Waals surface area (Å²) in [6, 6.07) is 12.6. The highest BCUT2D eigenvalue weighted by Gasteiger charge is 2.06. The fourth-order valence-electron chi connectivity index (χ4n) is 2.10. The largest absolute Gasteiger partial charge is 0.238 e. The highest BCUT2D eigenvalue weighted by Crippen LogP contribution is 2.22. The number of aromatic nitrogens is 2. The predicted octanol–water partition coefficient (Wildman–Crippen LogP) is 4.03. The van der Waals surface area contributed by atoms with Gasteiger partial charge >= 0.3 is 0 Å². The van der Waals surface area contributed by atoms with Crippen molar-refractivity contribution in [1.29, 1.82) is 5.26 Å². The van der Waals surface area contributed by atoms with Crippen molar-refractivity contribution in [3.05, 3.63) is 47.4 Å². The monoisotopic (exact) mass is 265 g/mol. The molecule has 0 amide bonds. The quantitative estimate of drug-likeness (QED) is 0.838. The molecule has 0 bridgehead atoms. The van der Waals surface area contributed by atoms with Crippen molar-refractivity contribution in [3.8, 4) is 17.3 Å². The highest BCUT2D eigenvalue weighted by molar-refractivity contribution is 5.59. The molecule has 20 heavy (non-hydrogen) atoms. The normalized spacial score (nSPS) is 10.6. The van der Waals surface area contributed by atoms with E-state index in [1.165, 1.54) is 5.56 Å². The SMILES string of the molecule is Cc1cc(-c2ccc(C(C)C)cc2)nc(CCC#N)n1. The number of hydrogen-bond donors (Lipinski definition) is 0. The Morgan fingerprint density at radius 3 is 2.45 bits per heavy atom. The average Bonchev–Trinajstić information content (AvgIpc) is 2.44. The second-order valence-electron chi connectivity index (χ2n) is 5.25. The molecule has 0 aliphatic heterocycles. The molecule has 0 aliphatic rings. The summed E-state index contributed by atoms with van der Waals surface area (Å²) in [5.74, 6) is 1.27. The summed E-state index contributed by atoms with van der Waals surface area (Å²) in [7, 11) is 0. The fourth-order valence-corrected chi connectivity index (χ4v) is 2.10. The van der Waals surface area contributed by atoms with Gasteiger partial charge in [-0.05, 0) is 24.5 Å². The van der Waals surface area contributed by atoms with E-state index >= 15 is 0 Å². The molecule has 1 heterocycles. The van der Waals surface area contributed by atoms with Crippen molar-refractivity contribution >= 4 is 0 Å². The van der Waals surface area contributed by atoms with E-state index in [1.807, 2.05) is 13.0 Å². The predicted molar refractivity (Wildman–Crippen MR) is 80.2 cm³/mol. The molecule has 2 rings (SSSR count). The van der Waals surface area contributed by atoms with Gasteiger partial charge in [-0.15, -0.1) is 0 Å². The Bertz CT molecular complexity index is 622. The summed E-state index contributed by atoms with van der Waals surface area (Å²) in [5.41, 5.74) is 4.29. The molecule has 102 valence electrons. The zero-order valence-electron chi connectivity index (χ0n) is 12.2. The number of nitrogens with zero attached hydrogens (tertiary/aromatic N) is 3. The van der Waals surface area contributed by atoms with Crippen LogP contribution in [0.5, 0.6) is 0 Å². The first kappa shape index (κ1) is 14.2. The van der Waals surface area contributed by atoms with Crippen LogP contribution < -0.4 is 0 Å². The van der Waals surface area contributed by atoms with Crippen molar-refractivity contribution < 1.29 is 0 Å². The summed E-state index contributed by atoms with van der Waals surface area (Å²) >= 11 is 0. The third kappa shape index (κ3) is 3.42. The van der Waals surface area contributed by atoms with Crippen LogP contribution in [0.3, 0.4) is 0 Å². The molecule has 0 N–H and O–H groups in total. The van der Waals surface area contributed by atoms with Crippen LogP contribution in [0.4, 0.5) is 0 Å². The number of hydrogen-bond acceptors (Lipinski definition) is 3. The minimum atomic E-state index is 0.454. The Morgan fingerprint density at radius 1 is 1.15 bits per heavy atom. The minimum absolute atomic E-state index is 0.454. The van der Waals surface area contributed by atoms with E-state index in [2.05, 4.69) is 54.2 Å². The van der Waals surface area contributed by atoms with Crippen LogP contribution in [0.2, 0.25) is 0 Å². The molecular weight excluding hydrogens is 246 g/mol. The lowest BCUT2D eigenvalue weighted by Crippen LogP contribution is -1.99. The van der Waals surface area contributed by atoms with Crippen LogP contribution in [0, 0.1) is 18.3 Å². The van der Waals surface area contributed by atoms with Gasteiger partial charge in [0, 0.05) is 24.1 Å². The number of benzene rings is 1. The maximum Gasteiger partial charge on any atom is 0.130 e. The molecule has 3 heteroatoms. The molecule has 2 aromatic rings. The van der Waals surface area contributed by atoms with E-state index in [9.17, 15) is 0 Å².